The van der Waals surface area contributed by atoms with E-state index in [0.29, 0.717) is 0 Å². The van der Waals surface area contributed by atoms with Gasteiger partial charge in [0.2, 0.25) is 0 Å². The van der Waals surface area contributed by atoms with Crippen molar-refractivity contribution >= 4 is 11.3 Å². The number of hydrogen-bond donors (Lipinski definition) is 0. The lowest BCUT2D eigenvalue weighted by molar-refractivity contribution is 0.209. The largest absolute Gasteiger partial charge is 0.326 e. The van der Waals surface area contributed by atoms with Crippen molar-refractivity contribution in [3.63, 3.8) is 0 Å². The van der Waals surface area contributed by atoms with Gasteiger partial charge < -0.3 is 4.57 Å². The third-order valence-corrected chi connectivity index (χ3v) is 4.57. The minimum atomic E-state index is 0.902. The van der Waals surface area contributed by atoms with Gasteiger partial charge in [0.15, 0.2) is 0 Å². The molecule has 3 aromatic rings. The molecule has 0 saturated heterocycles. The predicted molar refractivity (Wildman–Crippen MR) is 83.9 cm³/mol. The first-order chi connectivity index (χ1) is 10.4. The number of aromatic nitrogens is 3. The van der Waals surface area contributed by atoms with Gasteiger partial charge in [0.25, 0.3) is 0 Å². The number of nitrogens with zero attached hydrogens (tertiary/aromatic N) is 4. The van der Waals surface area contributed by atoms with Crippen LogP contribution in [0.15, 0.2) is 47.5 Å². The first-order valence-electron chi connectivity index (χ1n) is 7.08. The Morgan fingerprint density at radius 2 is 2.19 bits per heavy atom. The zero-order valence-corrected chi connectivity index (χ0v) is 12.5. The third-order valence-electron chi connectivity index (χ3n) is 3.89. The van der Waals surface area contributed by atoms with Crippen LogP contribution in [0.2, 0.25) is 0 Å². The topological polar surface area (TPSA) is 34.0 Å². The Morgan fingerprint density at radius 3 is 3.00 bits per heavy atom. The van der Waals surface area contributed by atoms with Crippen molar-refractivity contribution in [3.8, 4) is 11.3 Å². The molecule has 1 aliphatic rings. The van der Waals surface area contributed by atoms with Gasteiger partial charge in [-0.25, -0.2) is 4.98 Å². The molecule has 0 fully saturated rings. The van der Waals surface area contributed by atoms with E-state index in [0.717, 1.165) is 32.0 Å². The standard InChI is InChI=1S/C16H16N4S/c1-2-13(8-17-4-1)10-19-5-6-20-15(9-18-16(20)11-19)14-3-7-21-12-14/h1-4,7-9,12H,5-6,10-11H2. The molecule has 0 amide bonds. The molecule has 0 saturated carbocycles. The maximum atomic E-state index is 4.61. The summed E-state index contributed by atoms with van der Waals surface area (Å²) in [6, 6.07) is 6.29. The predicted octanol–water partition coefficient (Wildman–Crippen LogP) is 3.02. The maximum absolute atomic E-state index is 4.61. The second kappa shape index (κ2) is 5.42. The van der Waals surface area contributed by atoms with E-state index in [2.05, 4.69) is 42.3 Å². The van der Waals surface area contributed by atoms with Crippen molar-refractivity contribution in [3.05, 3.63) is 58.9 Å². The van der Waals surface area contributed by atoms with Crippen LogP contribution in [0.4, 0.5) is 0 Å². The highest BCUT2D eigenvalue weighted by Gasteiger charge is 2.20. The van der Waals surface area contributed by atoms with Crippen LogP contribution >= 0.6 is 11.3 Å². The molecule has 0 aliphatic carbocycles. The molecule has 0 atom stereocenters. The van der Waals surface area contributed by atoms with Gasteiger partial charge >= 0.3 is 0 Å². The van der Waals surface area contributed by atoms with E-state index in [4.69, 9.17) is 0 Å². The molecular weight excluding hydrogens is 280 g/mol. The van der Waals surface area contributed by atoms with Gasteiger partial charge in [-0.05, 0) is 23.1 Å². The molecule has 1 aliphatic heterocycles. The van der Waals surface area contributed by atoms with Gasteiger partial charge in [-0.3, -0.25) is 9.88 Å². The van der Waals surface area contributed by atoms with Gasteiger partial charge in [0, 0.05) is 43.0 Å². The first-order valence-corrected chi connectivity index (χ1v) is 8.03. The summed E-state index contributed by atoms with van der Waals surface area (Å²) in [5.41, 5.74) is 3.78. The van der Waals surface area contributed by atoms with Gasteiger partial charge in [-0.2, -0.15) is 11.3 Å². The van der Waals surface area contributed by atoms with E-state index in [1.165, 1.54) is 16.8 Å². The Balaban J connectivity index is 1.54. The SMILES string of the molecule is c1cncc(CN2CCn3c(-c4ccsc4)cnc3C2)c1. The molecule has 0 aromatic carbocycles. The van der Waals surface area contributed by atoms with Crippen molar-refractivity contribution in [1.82, 2.24) is 19.4 Å². The lowest BCUT2D eigenvalue weighted by atomic mass is 10.2. The van der Waals surface area contributed by atoms with E-state index >= 15 is 0 Å². The third kappa shape index (κ3) is 2.50. The number of rotatable bonds is 3. The van der Waals surface area contributed by atoms with Crippen molar-refractivity contribution in [2.24, 2.45) is 0 Å². The molecule has 4 heterocycles. The van der Waals surface area contributed by atoms with Crippen LogP contribution in [0, 0.1) is 0 Å². The molecule has 0 unspecified atom stereocenters. The average Bonchev–Trinajstić information content (AvgIpc) is 3.16. The quantitative estimate of drug-likeness (QED) is 0.745. The molecule has 4 nitrogen and oxygen atoms in total. The van der Waals surface area contributed by atoms with E-state index in [1.54, 1.807) is 11.3 Å². The Hall–Kier alpha value is -1.98. The monoisotopic (exact) mass is 296 g/mol. The Bertz CT molecular complexity index is 718. The highest BCUT2D eigenvalue weighted by molar-refractivity contribution is 7.08. The first kappa shape index (κ1) is 12.7. The van der Waals surface area contributed by atoms with Crippen molar-refractivity contribution < 1.29 is 0 Å². The van der Waals surface area contributed by atoms with Crippen LogP contribution in [-0.2, 0) is 19.6 Å². The number of fused-ring (bicyclic) bond motifs is 1. The molecule has 21 heavy (non-hydrogen) atoms. The fourth-order valence-electron chi connectivity index (χ4n) is 2.84. The molecule has 0 N–H and O–H groups in total. The normalized spacial score (nSPS) is 15.0. The van der Waals surface area contributed by atoms with Crippen LogP contribution < -0.4 is 0 Å². The van der Waals surface area contributed by atoms with Crippen LogP contribution in [0.25, 0.3) is 11.3 Å². The summed E-state index contributed by atoms with van der Waals surface area (Å²) in [4.78, 5) is 11.2. The minimum absolute atomic E-state index is 0.902. The number of hydrogen-bond acceptors (Lipinski definition) is 4. The van der Waals surface area contributed by atoms with Crippen molar-refractivity contribution in [2.45, 2.75) is 19.6 Å². The van der Waals surface area contributed by atoms with Gasteiger partial charge in [-0.15, -0.1) is 0 Å². The van der Waals surface area contributed by atoms with Crippen LogP contribution in [0.5, 0.6) is 0 Å². The highest BCUT2D eigenvalue weighted by Crippen LogP contribution is 2.26. The van der Waals surface area contributed by atoms with E-state index < -0.39 is 0 Å². The highest BCUT2D eigenvalue weighted by atomic mass is 32.1. The summed E-state index contributed by atoms with van der Waals surface area (Å²) in [5.74, 6) is 1.16. The zero-order valence-electron chi connectivity index (χ0n) is 11.6. The van der Waals surface area contributed by atoms with Gasteiger partial charge in [0.05, 0.1) is 18.4 Å². The molecular formula is C16H16N4S. The molecule has 106 valence electrons. The second-order valence-electron chi connectivity index (χ2n) is 5.30. The van der Waals surface area contributed by atoms with E-state index in [-0.39, 0.29) is 0 Å². The molecule has 3 aromatic heterocycles. The second-order valence-corrected chi connectivity index (χ2v) is 6.08. The minimum Gasteiger partial charge on any atom is -0.326 e. The summed E-state index contributed by atoms with van der Waals surface area (Å²) in [5, 5.41) is 4.30. The smallest absolute Gasteiger partial charge is 0.123 e. The summed E-state index contributed by atoms with van der Waals surface area (Å²) in [6.45, 7) is 3.89. The fraction of sp³-hybridized carbons (Fsp3) is 0.250. The van der Waals surface area contributed by atoms with Crippen molar-refractivity contribution in [2.75, 3.05) is 6.54 Å². The Morgan fingerprint density at radius 1 is 1.19 bits per heavy atom. The average molecular weight is 296 g/mol. The van der Waals surface area contributed by atoms with Crippen LogP contribution in [0.3, 0.4) is 0 Å². The lowest BCUT2D eigenvalue weighted by Crippen LogP contribution is -2.33. The zero-order chi connectivity index (χ0) is 14.1. The fourth-order valence-corrected chi connectivity index (χ4v) is 3.49. The van der Waals surface area contributed by atoms with E-state index in [9.17, 15) is 0 Å². The van der Waals surface area contributed by atoms with Gasteiger partial charge in [-0.1, -0.05) is 6.07 Å². The molecule has 0 bridgehead atoms. The number of pyridine rings is 1. The number of imidazole rings is 1. The summed E-state index contributed by atoms with van der Waals surface area (Å²) in [7, 11) is 0. The van der Waals surface area contributed by atoms with E-state index in [1.807, 2.05) is 24.7 Å². The van der Waals surface area contributed by atoms with Crippen molar-refractivity contribution in [1.29, 1.82) is 0 Å². The van der Waals surface area contributed by atoms with Crippen LogP contribution in [-0.4, -0.2) is 26.0 Å². The summed E-state index contributed by atoms with van der Waals surface area (Å²) < 4.78 is 2.35. The molecule has 0 radical (unpaired) electrons. The maximum Gasteiger partial charge on any atom is 0.123 e. The summed E-state index contributed by atoms with van der Waals surface area (Å²) >= 11 is 1.73. The molecule has 5 heteroatoms. The summed E-state index contributed by atoms with van der Waals surface area (Å²) in [6.07, 6.45) is 5.77. The van der Waals surface area contributed by atoms with Crippen LogP contribution in [0.1, 0.15) is 11.4 Å². The molecule has 4 rings (SSSR count). The lowest BCUT2D eigenvalue weighted by Gasteiger charge is -2.28. The number of thiophene rings is 1. The molecule has 0 spiro atoms. The Kier molecular flexibility index (Phi) is 3.29. The Labute approximate surface area is 127 Å². The van der Waals surface area contributed by atoms with Gasteiger partial charge in [0.1, 0.15) is 5.82 Å².